The second-order valence-electron chi connectivity index (χ2n) is 8.75. The van der Waals surface area contributed by atoms with Gasteiger partial charge in [-0.2, -0.15) is 0 Å². The topological polar surface area (TPSA) is 39.0 Å². The zero-order valence-electron chi connectivity index (χ0n) is 17.0. The monoisotopic (exact) mass is 391 g/mol. The zero-order chi connectivity index (χ0) is 20.1. The number of carbonyl (C=O) groups excluding carboxylic acids is 1. The number of nitrogens with one attached hydrogen (secondary N) is 1. The number of nitrogens with zero attached hydrogens (tertiary/aromatic N) is 2. The summed E-state index contributed by atoms with van der Waals surface area (Å²) >= 11 is 0. The Morgan fingerprint density at radius 1 is 0.767 bits per heavy atom. The minimum atomic E-state index is 0.0529. The molecule has 0 saturated heterocycles. The summed E-state index contributed by atoms with van der Waals surface area (Å²) in [7, 11) is 0. The van der Waals surface area contributed by atoms with E-state index in [0.717, 1.165) is 29.6 Å². The van der Waals surface area contributed by atoms with Crippen molar-refractivity contribution >= 4 is 49.5 Å². The van der Waals surface area contributed by atoms with E-state index in [9.17, 15) is 4.79 Å². The number of hydrogen-bond donors (Lipinski definition) is 1. The lowest BCUT2D eigenvalue weighted by molar-refractivity contribution is 0.0967. The highest BCUT2D eigenvalue weighted by Crippen LogP contribution is 2.45. The Labute approximate surface area is 173 Å². The fraction of sp³-hybridized carbons (Fsp3) is 0.192. The summed E-state index contributed by atoms with van der Waals surface area (Å²) < 4.78 is 4.91. The molecule has 0 aliphatic carbocycles. The zero-order valence-corrected chi connectivity index (χ0v) is 17.0. The van der Waals surface area contributed by atoms with Gasteiger partial charge in [0.25, 0.3) is 5.91 Å². The number of hydrogen-bond acceptors (Lipinski definition) is 1. The highest BCUT2D eigenvalue weighted by atomic mass is 16.1. The summed E-state index contributed by atoms with van der Waals surface area (Å²) in [6.07, 6.45) is 0. The largest absolute Gasteiger partial charge is 0.348 e. The van der Waals surface area contributed by atoms with Gasteiger partial charge in [0.2, 0.25) is 0 Å². The number of para-hydroxylation sites is 2. The first-order valence-corrected chi connectivity index (χ1v) is 10.5. The van der Waals surface area contributed by atoms with Crippen LogP contribution in [0.4, 0.5) is 0 Å². The van der Waals surface area contributed by atoms with Gasteiger partial charge in [-0.1, -0.05) is 47.5 Å². The first-order chi connectivity index (χ1) is 14.6. The van der Waals surface area contributed by atoms with Crippen LogP contribution >= 0.6 is 0 Å². The van der Waals surface area contributed by atoms with E-state index in [1.807, 2.05) is 0 Å². The Balaban J connectivity index is 1.90. The van der Waals surface area contributed by atoms with Crippen LogP contribution in [-0.2, 0) is 19.6 Å². The van der Waals surface area contributed by atoms with E-state index >= 15 is 0 Å². The molecule has 2 aliphatic heterocycles. The lowest BCUT2D eigenvalue weighted by atomic mass is 9.97. The molecule has 4 nitrogen and oxygen atoms in total. The molecule has 7 rings (SSSR count). The van der Waals surface area contributed by atoms with E-state index < -0.39 is 0 Å². The van der Waals surface area contributed by atoms with Crippen molar-refractivity contribution in [1.82, 2.24) is 14.5 Å². The Morgan fingerprint density at radius 3 is 1.93 bits per heavy atom. The van der Waals surface area contributed by atoms with Crippen LogP contribution in [0, 0.1) is 0 Å². The van der Waals surface area contributed by atoms with Crippen molar-refractivity contribution in [1.29, 1.82) is 0 Å². The van der Waals surface area contributed by atoms with Gasteiger partial charge in [0.1, 0.15) is 0 Å². The molecule has 0 spiro atoms. The molecular formula is C26H21N3O. The van der Waals surface area contributed by atoms with E-state index in [1.54, 1.807) is 0 Å². The van der Waals surface area contributed by atoms with E-state index in [4.69, 9.17) is 0 Å². The standard InChI is InChI=1S/C26H21N3O/c1-14-12-28-19-9-5-3-7-16(19)21-18-11-27-26(30)23(18)22-17-8-4-6-10-20(17)29(13-15(14)2)25(22)24(21)28/h3-10H,11-13H2,1-2H3,(H,27,30)/b15-14-. The van der Waals surface area contributed by atoms with Crippen molar-refractivity contribution < 1.29 is 4.79 Å². The number of allylic oxidation sites excluding steroid dienone is 2. The minimum absolute atomic E-state index is 0.0529. The van der Waals surface area contributed by atoms with Crippen molar-refractivity contribution in [3.8, 4) is 0 Å². The van der Waals surface area contributed by atoms with Crippen LogP contribution in [0.15, 0.2) is 59.7 Å². The average Bonchev–Trinajstić information content (AvgIpc) is 3.39. The number of fused-ring (bicyclic) bond motifs is 9. The third kappa shape index (κ3) is 1.76. The van der Waals surface area contributed by atoms with Gasteiger partial charge in [-0.3, -0.25) is 4.79 Å². The summed E-state index contributed by atoms with van der Waals surface area (Å²) in [5, 5.41) is 7.88. The highest BCUT2D eigenvalue weighted by Gasteiger charge is 2.32. The van der Waals surface area contributed by atoms with Crippen LogP contribution < -0.4 is 5.32 Å². The summed E-state index contributed by atoms with van der Waals surface area (Å²) in [6.45, 7) is 6.83. The highest BCUT2D eigenvalue weighted by molar-refractivity contribution is 6.30. The number of rotatable bonds is 0. The van der Waals surface area contributed by atoms with Gasteiger partial charge in [0.15, 0.2) is 0 Å². The molecule has 0 atom stereocenters. The first-order valence-electron chi connectivity index (χ1n) is 10.5. The quantitative estimate of drug-likeness (QED) is 0.348. The Bertz CT molecular complexity index is 1630. The van der Waals surface area contributed by atoms with Crippen molar-refractivity contribution in [2.45, 2.75) is 33.5 Å². The van der Waals surface area contributed by atoms with Gasteiger partial charge < -0.3 is 14.5 Å². The van der Waals surface area contributed by atoms with E-state index in [-0.39, 0.29) is 5.91 Å². The van der Waals surface area contributed by atoms with Crippen LogP contribution in [0.3, 0.4) is 0 Å². The SMILES string of the molecule is C/C1=C(\C)Cn2c3ccccc3c3c4c(c5c6ccccc6n(c5c32)C1)CNC4=O. The maximum atomic E-state index is 13.1. The molecule has 146 valence electrons. The lowest BCUT2D eigenvalue weighted by Gasteiger charge is -2.19. The molecule has 3 aromatic carbocycles. The van der Waals surface area contributed by atoms with Crippen molar-refractivity contribution in [3.05, 3.63) is 70.8 Å². The minimum Gasteiger partial charge on any atom is -0.348 e. The second-order valence-corrected chi connectivity index (χ2v) is 8.75. The van der Waals surface area contributed by atoms with Gasteiger partial charge >= 0.3 is 0 Å². The molecule has 1 N–H and O–H groups in total. The molecule has 2 aliphatic rings. The Kier molecular flexibility index (Phi) is 2.90. The molecule has 0 radical (unpaired) electrons. The molecule has 1 amide bonds. The predicted molar refractivity (Wildman–Crippen MR) is 122 cm³/mol. The molecule has 5 aromatic rings. The third-order valence-electron chi connectivity index (χ3n) is 7.19. The lowest BCUT2D eigenvalue weighted by Crippen LogP contribution is -2.13. The van der Waals surface area contributed by atoms with Crippen molar-refractivity contribution in [3.63, 3.8) is 0 Å². The number of benzene rings is 3. The van der Waals surface area contributed by atoms with Crippen molar-refractivity contribution in [2.24, 2.45) is 0 Å². The predicted octanol–water partition coefficient (Wildman–Crippen LogP) is 5.50. The van der Waals surface area contributed by atoms with Crippen LogP contribution in [-0.4, -0.2) is 15.0 Å². The Hall–Kier alpha value is -3.53. The molecule has 2 aromatic heterocycles. The number of carbonyl (C=O) groups is 1. The summed E-state index contributed by atoms with van der Waals surface area (Å²) in [6, 6.07) is 17.2. The third-order valence-corrected chi connectivity index (χ3v) is 7.19. The normalized spacial score (nSPS) is 18.5. The molecule has 0 fully saturated rings. The van der Waals surface area contributed by atoms with Crippen LogP contribution in [0.2, 0.25) is 0 Å². The average molecular weight is 391 g/mol. The van der Waals surface area contributed by atoms with Gasteiger partial charge in [-0.25, -0.2) is 0 Å². The maximum Gasteiger partial charge on any atom is 0.252 e. The van der Waals surface area contributed by atoms with E-state index in [0.29, 0.717) is 6.54 Å². The summed E-state index contributed by atoms with van der Waals surface area (Å²) in [4.78, 5) is 13.1. The van der Waals surface area contributed by atoms with Crippen LogP contribution in [0.5, 0.6) is 0 Å². The molecule has 30 heavy (non-hydrogen) atoms. The summed E-state index contributed by atoms with van der Waals surface area (Å²) in [5.41, 5.74) is 9.73. The first kappa shape index (κ1) is 16.3. The fourth-order valence-corrected chi connectivity index (χ4v) is 5.69. The van der Waals surface area contributed by atoms with E-state index in [1.165, 1.54) is 49.4 Å². The van der Waals surface area contributed by atoms with Gasteiger partial charge in [0, 0.05) is 52.2 Å². The van der Waals surface area contributed by atoms with Gasteiger partial charge in [0.05, 0.1) is 16.6 Å². The second kappa shape index (κ2) is 5.33. The van der Waals surface area contributed by atoms with Crippen molar-refractivity contribution in [2.75, 3.05) is 0 Å². The molecular weight excluding hydrogens is 370 g/mol. The smallest absolute Gasteiger partial charge is 0.252 e. The maximum absolute atomic E-state index is 13.1. The fourth-order valence-electron chi connectivity index (χ4n) is 5.69. The molecule has 0 bridgehead atoms. The Morgan fingerprint density at radius 2 is 1.30 bits per heavy atom. The molecule has 4 heterocycles. The van der Waals surface area contributed by atoms with E-state index in [2.05, 4.69) is 76.8 Å². The van der Waals surface area contributed by atoms with Crippen LogP contribution in [0.1, 0.15) is 29.8 Å². The van der Waals surface area contributed by atoms with Gasteiger partial charge in [-0.05, 0) is 31.5 Å². The van der Waals surface area contributed by atoms with Crippen LogP contribution in [0.25, 0.3) is 43.6 Å². The molecule has 4 heteroatoms. The van der Waals surface area contributed by atoms with Gasteiger partial charge in [-0.15, -0.1) is 0 Å². The molecule has 0 saturated carbocycles. The number of aromatic nitrogens is 2. The summed E-state index contributed by atoms with van der Waals surface area (Å²) in [5.74, 6) is 0.0529. The molecule has 0 unspecified atom stereocenters. The number of amides is 1.